The number of guanidine groups is 1. The molecule has 2 heterocycles. The number of likely N-dealkylation sites (N-methyl/N-ethyl adjacent to an activating group) is 1. The molecule has 1 unspecified atom stereocenters. The maximum atomic E-state index is 4.65. The van der Waals surface area contributed by atoms with Crippen molar-refractivity contribution < 1.29 is 0 Å². The Kier molecular flexibility index (Phi) is 6.88. The first-order valence-corrected chi connectivity index (χ1v) is 10.3. The first kappa shape index (κ1) is 22.1. The van der Waals surface area contributed by atoms with Crippen molar-refractivity contribution in [3.05, 3.63) is 47.8 Å². The molecule has 0 bridgehead atoms. The summed E-state index contributed by atoms with van der Waals surface area (Å²) in [5.74, 6) is 0.965. The molecule has 1 N–H and O–H groups in total. The maximum Gasteiger partial charge on any atom is 0.198 e. The van der Waals surface area contributed by atoms with Gasteiger partial charge in [-0.15, -0.1) is 24.0 Å². The van der Waals surface area contributed by atoms with Crippen LogP contribution in [-0.4, -0.2) is 54.9 Å². The number of aliphatic imine (C=N–C) groups is 1. The van der Waals surface area contributed by atoms with Crippen LogP contribution in [0.5, 0.6) is 0 Å². The smallest absolute Gasteiger partial charge is 0.198 e. The van der Waals surface area contributed by atoms with Crippen LogP contribution in [0.15, 0.2) is 41.7 Å². The van der Waals surface area contributed by atoms with E-state index in [9.17, 15) is 0 Å². The van der Waals surface area contributed by atoms with Gasteiger partial charge in [0.1, 0.15) is 0 Å². The lowest BCUT2D eigenvalue weighted by Gasteiger charge is -2.29. The number of hydrogen-bond acceptors (Lipinski definition) is 3. The second kappa shape index (κ2) is 9.04. The highest BCUT2D eigenvalue weighted by molar-refractivity contribution is 14.0. The van der Waals surface area contributed by atoms with E-state index in [1.54, 1.807) is 0 Å². The van der Waals surface area contributed by atoms with Crippen molar-refractivity contribution in [2.75, 3.05) is 39.1 Å². The quantitative estimate of drug-likeness (QED) is 0.390. The molecule has 2 aliphatic rings. The topological polar surface area (TPSA) is 48.7 Å². The van der Waals surface area contributed by atoms with Crippen molar-refractivity contribution in [1.29, 1.82) is 0 Å². The molecule has 1 aliphatic carbocycles. The average molecular weight is 508 g/mol. The average Bonchev–Trinajstić information content (AvgIpc) is 3.40. The lowest BCUT2D eigenvalue weighted by Crippen LogP contribution is -2.45. The van der Waals surface area contributed by atoms with E-state index in [0.29, 0.717) is 5.41 Å². The normalized spacial score (nSPS) is 18.8. The van der Waals surface area contributed by atoms with Gasteiger partial charge >= 0.3 is 0 Å². The van der Waals surface area contributed by atoms with Crippen molar-refractivity contribution in [2.45, 2.75) is 37.1 Å². The first-order chi connectivity index (χ1) is 13.5. The van der Waals surface area contributed by atoms with Crippen LogP contribution in [0.3, 0.4) is 0 Å². The molecule has 158 valence electrons. The summed E-state index contributed by atoms with van der Waals surface area (Å²) in [6.07, 6.45) is 9.28. The van der Waals surface area contributed by atoms with Crippen molar-refractivity contribution >= 4 is 35.6 Å². The second-order valence-electron chi connectivity index (χ2n) is 8.45. The van der Waals surface area contributed by atoms with Crippen LogP contribution >= 0.6 is 24.0 Å². The lowest BCUT2D eigenvalue weighted by molar-refractivity contribution is 0.298. The zero-order valence-corrected chi connectivity index (χ0v) is 20.3. The minimum absolute atomic E-state index is 0. The van der Waals surface area contributed by atoms with Gasteiger partial charge < -0.3 is 15.1 Å². The van der Waals surface area contributed by atoms with E-state index in [1.807, 2.05) is 25.0 Å². The van der Waals surface area contributed by atoms with E-state index >= 15 is 0 Å². The fourth-order valence-electron chi connectivity index (χ4n) is 4.99. The summed E-state index contributed by atoms with van der Waals surface area (Å²) in [5.41, 5.74) is 4.34. The third-order valence-electron chi connectivity index (χ3n) is 6.44. The number of benzene rings is 1. The van der Waals surface area contributed by atoms with Gasteiger partial charge in [-0.3, -0.25) is 9.67 Å². The molecule has 1 aromatic heterocycles. The highest BCUT2D eigenvalue weighted by Gasteiger charge is 2.45. The number of anilines is 1. The van der Waals surface area contributed by atoms with Crippen molar-refractivity contribution in [3.8, 4) is 0 Å². The van der Waals surface area contributed by atoms with Crippen LogP contribution in [-0.2, 0) is 12.5 Å². The molecular weight excluding hydrogens is 475 g/mol. The number of nitrogens with one attached hydrogen (secondary N) is 1. The molecule has 2 aromatic rings. The largest absolute Gasteiger partial charge is 0.354 e. The zero-order chi connectivity index (χ0) is 19.7. The molecule has 7 heteroatoms. The van der Waals surface area contributed by atoms with E-state index in [2.05, 4.69) is 69.8 Å². The fourth-order valence-corrected chi connectivity index (χ4v) is 4.99. The number of para-hydroxylation sites is 1. The third kappa shape index (κ3) is 4.17. The maximum absolute atomic E-state index is 4.65. The molecule has 1 aliphatic heterocycles. The van der Waals surface area contributed by atoms with Crippen molar-refractivity contribution in [3.63, 3.8) is 0 Å². The third-order valence-corrected chi connectivity index (χ3v) is 6.44. The van der Waals surface area contributed by atoms with Crippen LogP contribution in [0, 0.1) is 0 Å². The number of halogens is 1. The number of hydrogen-bond donors (Lipinski definition) is 1. The predicted molar refractivity (Wildman–Crippen MR) is 130 cm³/mol. The highest BCUT2D eigenvalue weighted by atomic mass is 127. The Morgan fingerprint density at radius 1 is 1.28 bits per heavy atom. The predicted octanol–water partition coefficient (Wildman–Crippen LogP) is 3.55. The highest BCUT2D eigenvalue weighted by Crippen LogP contribution is 2.50. The van der Waals surface area contributed by atoms with Crippen molar-refractivity contribution in [2.24, 2.45) is 12.0 Å². The van der Waals surface area contributed by atoms with Gasteiger partial charge in [0, 0.05) is 50.0 Å². The monoisotopic (exact) mass is 508 g/mol. The van der Waals surface area contributed by atoms with Crippen LogP contribution in [0.4, 0.5) is 5.69 Å². The molecule has 1 saturated carbocycles. The van der Waals surface area contributed by atoms with Crippen molar-refractivity contribution in [1.82, 2.24) is 20.0 Å². The van der Waals surface area contributed by atoms with E-state index in [0.717, 1.165) is 19.0 Å². The molecule has 0 radical (unpaired) electrons. The number of fused-ring (bicyclic) bond motifs is 2. The Balaban J connectivity index is 0.00000240. The van der Waals surface area contributed by atoms with Crippen LogP contribution in [0.25, 0.3) is 0 Å². The molecule has 1 aromatic carbocycles. The number of rotatable bonds is 4. The molecule has 1 fully saturated rings. The summed E-state index contributed by atoms with van der Waals surface area (Å²) in [7, 11) is 8.08. The van der Waals surface area contributed by atoms with Gasteiger partial charge in [0.25, 0.3) is 0 Å². The molecular formula is C22H33IN6. The Labute approximate surface area is 191 Å². The molecule has 1 spiro atoms. The van der Waals surface area contributed by atoms with Gasteiger partial charge in [-0.05, 0) is 38.6 Å². The summed E-state index contributed by atoms with van der Waals surface area (Å²) in [5, 5.41) is 7.99. The molecule has 1 atom stereocenters. The van der Waals surface area contributed by atoms with E-state index in [1.165, 1.54) is 42.5 Å². The standard InChI is InChI=1S/C22H32N6.HI/c1-23-21(24-14-20(26(2)3)17-13-25-27(4)15-17)28-16-22(11-7-8-12-22)18-9-5-6-10-19(18)28;/h5-6,9-10,13,15,20H,7-8,11-12,14,16H2,1-4H3,(H,23,24);1H. The molecule has 29 heavy (non-hydrogen) atoms. The summed E-state index contributed by atoms with van der Waals surface area (Å²) < 4.78 is 1.86. The number of aryl methyl sites for hydroxylation is 1. The number of aromatic nitrogens is 2. The molecule has 0 amide bonds. The summed E-state index contributed by atoms with van der Waals surface area (Å²) in [4.78, 5) is 9.28. The van der Waals surface area contributed by atoms with E-state index in [4.69, 9.17) is 0 Å². The first-order valence-electron chi connectivity index (χ1n) is 10.3. The Hall–Kier alpha value is -1.61. The summed E-state index contributed by atoms with van der Waals surface area (Å²) in [6, 6.07) is 9.14. The van der Waals surface area contributed by atoms with Gasteiger partial charge in [-0.25, -0.2) is 0 Å². The number of nitrogens with zero attached hydrogens (tertiary/aromatic N) is 5. The SMILES string of the molecule is CN=C(NCC(c1cnn(C)c1)N(C)C)N1CC2(CCCC2)c2ccccc21.I. The Morgan fingerprint density at radius 2 is 2.00 bits per heavy atom. The second-order valence-corrected chi connectivity index (χ2v) is 8.45. The summed E-state index contributed by atoms with van der Waals surface area (Å²) in [6.45, 7) is 1.82. The van der Waals surface area contributed by atoms with Gasteiger partial charge in [-0.2, -0.15) is 5.10 Å². The Bertz CT molecular complexity index is 852. The lowest BCUT2D eigenvalue weighted by atomic mass is 9.81. The minimum Gasteiger partial charge on any atom is -0.354 e. The molecule has 6 nitrogen and oxygen atoms in total. The van der Waals surface area contributed by atoms with Gasteiger partial charge in [0.05, 0.1) is 12.2 Å². The van der Waals surface area contributed by atoms with E-state index < -0.39 is 0 Å². The van der Waals surface area contributed by atoms with Gasteiger partial charge in [0.15, 0.2) is 5.96 Å². The van der Waals surface area contributed by atoms with Gasteiger partial charge in [0.2, 0.25) is 0 Å². The van der Waals surface area contributed by atoms with Crippen LogP contribution < -0.4 is 10.2 Å². The van der Waals surface area contributed by atoms with Gasteiger partial charge in [-0.1, -0.05) is 31.0 Å². The summed E-state index contributed by atoms with van der Waals surface area (Å²) >= 11 is 0. The zero-order valence-electron chi connectivity index (χ0n) is 17.9. The fraction of sp³-hybridized carbons (Fsp3) is 0.545. The minimum atomic E-state index is 0. The van der Waals surface area contributed by atoms with E-state index in [-0.39, 0.29) is 30.0 Å². The Morgan fingerprint density at radius 3 is 2.62 bits per heavy atom. The molecule has 4 rings (SSSR count). The van der Waals surface area contributed by atoms with Crippen LogP contribution in [0.1, 0.15) is 42.9 Å². The molecule has 0 saturated heterocycles. The van der Waals surface area contributed by atoms with Crippen LogP contribution in [0.2, 0.25) is 0 Å².